The van der Waals surface area contributed by atoms with Crippen molar-refractivity contribution in [2.24, 2.45) is 11.7 Å². The lowest BCUT2D eigenvalue weighted by Crippen LogP contribution is -2.23. The summed E-state index contributed by atoms with van der Waals surface area (Å²) in [7, 11) is 0. The average Bonchev–Trinajstić information content (AvgIpc) is 2.30. The molecule has 2 nitrogen and oxygen atoms in total. The van der Waals surface area contributed by atoms with E-state index >= 15 is 0 Å². The van der Waals surface area contributed by atoms with Crippen LogP contribution in [0.15, 0.2) is 24.5 Å². The molecule has 0 aliphatic heterocycles. The molecule has 84 valence electrons. The van der Waals surface area contributed by atoms with Crippen LogP contribution in [-0.2, 0) is 0 Å². The third-order valence-corrected chi connectivity index (χ3v) is 3.23. The number of hydrogen-bond acceptors (Lipinski definition) is 2. The van der Waals surface area contributed by atoms with Gasteiger partial charge in [-0.25, -0.2) is 0 Å². The van der Waals surface area contributed by atoms with Gasteiger partial charge in [0.1, 0.15) is 0 Å². The first-order valence-corrected chi connectivity index (χ1v) is 5.53. The van der Waals surface area contributed by atoms with Crippen molar-refractivity contribution in [2.45, 2.75) is 38.1 Å². The van der Waals surface area contributed by atoms with E-state index in [0.29, 0.717) is 5.92 Å². The molecule has 0 bridgehead atoms. The largest absolute Gasteiger partial charge is 0.324 e. The Labute approximate surface area is 97.7 Å². The Balaban J connectivity index is 0.00000112. The molecule has 1 saturated carbocycles. The molecule has 1 aromatic rings. The van der Waals surface area contributed by atoms with Crippen LogP contribution in [0.2, 0.25) is 0 Å². The summed E-state index contributed by atoms with van der Waals surface area (Å²) in [5.41, 5.74) is 7.42. The number of pyridine rings is 1. The lowest BCUT2D eigenvalue weighted by atomic mass is 9.82. The van der Waals surface area contributed by atoms with E-state index in [4.69, 9.17) is 5.73 Å². The summed E-state index contributed by atoms with van der Waals surface area (Å²) in [5.74, 6) is 0.674. The van der Waals surface area contributed by atoms with Gasteiger partial charge >= 0.3 is 0 Å². The smallest absolute Gasteiger partial charge is 0.0338 e. The molecule has 2 rings (SSSR count). The van der Waals surface area contributed by atoms with E-state index in [1.54, 1.807) is 6.20 Å². The van der Waals surface area contributed by atoms with Gasteiger partial charge in [0.2, 0.25) is 0 Å². The van der Waals surface area contributed by atoms with Gasteiger partial charge in [0.15, 0.2) is 0 Å². The summed E-state index contributed by atoms with van der Waals surface area (Å²) in [5, 5.41) is 0. The SMILES string of the molecule is Cl.N[C@@H](c1cccnc1)C1CCCCC1. The fraction of sp³-hybridized carbons (Fsp3) is 0.583. The maximum atomic E-state index is 6.23. The first-order valence-electron chi connectivity index (χ1n) is 5.53. The minimum absolute atomic E-state index is 0. The first-order chi connectivity index (χ1) is 6.88. The van der Waals surface area contributed by atoms with Crippen molar-refractivity contribution in [1.82, 2.24) is 4.98 Å². The highest BCUT2D eigenvalue weighted by Gasteiger charge is 2.21. The molecule has 0 amide bonds. The van der Waals surface area contributed by atoms with Gasteiger partial charge in [-0.3, -0.25) is 4.98 Å². The molecule has 0 aromatic carbocycles. The fourth-order valence-corrected chi connectivity index (χ4v) is 2.34. The zero-order valence-electron chi connectivity index (χ0n) is 8.93. The summed E-state index contributed by atoms with van der Waals surface area (Å²) < 4.78 is 0. The molecule has 1 aliphatic carbocycles. The topological polar surface area (TPSA) is 38.9 Å². The molecule has 3 heteroatoms. The number of nitrogens with zero attached hydrogens (tertiary/aromatic N) is 1. The zero-order valence-corrected chi connectivity index (χ0v) is 9.75. The van der Waals surface area contributed by atoms with Crippen molar-refractivity contribution in [2.75, 3.05) is 0 Å². The van der Waals surface area contributed by atoms with Crippen molar-refractivity contribution in [3.8, 4) is 0 Å². The van der Waals surface area contributed by atoms with Gasteiger partial charge in [-0.2, -0.15) is 0 Å². The first kappa shape index (κ1) is 12.5. The third kappa shape index (κ3) is 3.18. The van der Waals surface area contributed by atoms with Gasteiger partial charge in [-0.15, -0.1) is 12.4 Å². The number of nitrogens with two attached hydrogens (primary N) is 1. The molecule has 1 fully saturated rings. The van der Waals surface area contributed by atoms with E-state index in [9.17, 15) is 0 Å². The summed E-state index contributed by atoms with van der Waals surface area (Å²) in [6.45, 7) is 0. The summed E-state index contributed by atoms with van der Waals surface area (Å²) in [6.07, 6.45) is 10.4. The summed E-state index contributed by atoms with van der Waals surface area (Å²) in [4.78, 5) is 4.12. The molecule has 1 aliphatic rings. The van der Waals surface area contributed by atoms with Crippen LogP contribution in [0.4, 0.5) is 0 Å². The van der Waals surface area contributed by atoms with Gasteiger partial charge in [0, 0.05) is 18.4 Å². The monoisotopic (exact) mass is 226 g/mol. The highest BCUT2D eigenvalue weighted by molar-refractivity contribution is 5.85. The molecule has 2 N–H and O–H groups in total. The van der Waals surface area contributed by atoms with Crippen molar-refractivity contribution >= 4 is 12.4 Å². The Hall–Kier alpha value is -0.600. The molecular formula is C12H19ClN2. The Bertz CT molecular complexity index is 270. The van der Waals surface area contributed by atoms with Crippen LogP contribution in [0.5, 0.6) is 0 Å². The van der Waals surface area contributed by atoms with Crippen molar-refractivity contribution < 1.29 is 0 Å². The standard InChI is InChI=1S/C12H18N2.ClH/c13-12(10-5-2-1-3-6-10)11-7-4-8-14-9-11;/h4,7-10,12H,1-3,5-6,13H2;1H/t12-;/m1./s1. The van der Waals surface area contributed by atoms with Crippen LogP contribution in [-0.4, -0.2) is 4.98 Å². The van der Waals surface area contributed by atoms with Crippen molar-refractivity contribution in [1.29, 1.82) is 0 Å². The maximum absolute atomic E-state index is 6.23. The zero-order chi connectivity index (χ0) is 9.80. The minimum Gasteiger partial charge on any atom is -0.324 e. The Morgan fingerprint density at radius 3 is 2.60 bits per heavy atom. The highest BCUT2D eigenvalue weighted by Crippen LogP contribution is 2.32. The van der Waals surface area contributed by atoms with Crippen molar-refractivity contribution in [3.63, 3.8) is 0 Å². The predicted molar refractivity (Wildman–Crippen MR) is 65.0 cm³/mol. The number of halogens is 1. The molecule has 0 saturated heterocycles. The second-order valence-corrected chi connectivity index (χ2v) is 4.21. The second-order valence-electron chi connectivity index (χ2n) is 4.21. The van der Waals surface area contributed by atoms with E-state index in [-0.39, 0.29) is 18.4 Å². The van der Waals surface area contributed by atoms with Crippen LogP contribution in [0.3, 0.4) is 0 Å². The van der Waals surface area contributed by atoms with Crippen LogP contribution in [0.25, 0.3) is 0 Å². The molecule has 0 radical (unpaired) electrons. The van der Waals surface area contributed by atoms with E-state index in [1.807, 2.05) is 12.3 Å². The lowest BCUT2D eigenvalue weighted by molar-refractivity contribution is 0.308. The van der Waals surface area contributed by atoms with Gasteiger partial charge in [0.05, 0.1) is 0 Å². The lowest BCUT2D eigenvalue weighted by Gasteiger charge is -2.27. The molecule has 0 spiro atoms. The van der Waals surface area contributed by atoms with Crippen molar-refractivity contribution in [3.05, 3.63) is 30.1 Å². The minimum atomic E-state index is 0. The van der Waals surface area contributed by atoms with Gasteiger partial charge in [-0.05, 0) is 30.4 Å². The van der Waals surface area contributed by atoms with Crippen LogP contribution in [0.1, 0.15) is 43.7 Å². The molecule has 15 heavy (non-hydrogen) atoms. The second kappa shape index (κ2) is 6.09. The molecule has 1 atom stereocenters. The van der Waals surface area contributed by atoms with Gasteiger partial charge in [0.25, 0.3) is 0 Å². The molecule has 0 unspecified atom stereocenters. The number of hydrogen-bond donors (Lipinski definition) is 1. The van der Waals surface area contributed by atoms with Crippen LogP contribution < -0.4 is 5.73 Å². The van der Waals surface area contributed by atoms with Crippen LogP contribution >= 0.6 is 12.4 Å². The van der Waals surface area contributed by atoms with Gasteiger partial charge in [-0.1, -0.05) is 25.3 Å². The third-order valence-electron chi connectivity index (χ3n) is 3.23. The number of rotatable bonds is 2. The summed E-state index contributed by atoms with van der Waals surface area (Å²) in [6, 6.07) is 4.26. The normalized spacial score (nSPS) is 19.3. The van der Waals surface area contributed by atoms with E-state index in [1.165, 1.54) is 37.7 Å². The quantitative estimate of drug-likeness (QED) is 0.842. The average molecular weight is 227 g/mol. The Kier molecular flexibility index (Phi) is 5.06. The molecule has 1 heterocycles. The molecule has 1 aromatic heterocycles. The summed E-state index contributed by atoms with van der Waals surface area (Å²) >= 11 is 0. The van der Waals surface area contributed by atoms with E-state index < -0.39 is 0 Å². The van der Waals surface area contributed by atoms with Crippen LogP contribution in [0, 0.1) is 5.92 Å². The molecular weight excluding hydrogens is 208 g/mol. The number of aromatic nitrogens is 1. The predicted octanol–water partition coefficient (Wildman–Crippen LogP) is 3.08. The van der Waals surface area contributed by atoms with E-state index in [2.05, 4.69) is 11.1 Å². The Morgan fingerprint density at radius 2 is 2.00 bits per heavy atom. The van der Waals surface area contributed by atoms with Gasteiger partial charge < -0.3 is 5.73 Å². The maximum Gasteiger partial charge on any atom is 0.0338 e. The van der Waals surface area contributed by atoms with E-state index in [0.717, 1.165) is 0 Å². The fourth-order valence-electron chi connectivity index (χ4n) is 2.34. The highest BCUT2D eigenvalue weighted by atomic mass is 35.5. The Morgan fingerprint density at radius 1 is 1.27 bits per heavy atom.